The minimum absolute atomic E-state index is 0.0557. The Balaban J connectivity index is 2.58. The molecule has 4 nitrogen and oxygen atoms in total. The number of nitrogens with zero attached hydrogens (tertiary/aromatic N) is 1. The molecule has 1 heterocycles. The van der Waals surface area contributed by atoms with Crippen molar-refractivity contribution in [3.63, 3.8) is 0 Å². The Bertz CT molecular complexity index is 633. The van der Waals surface area contributed by atoms with E-state index in [0.29, 0.717) is 5.52 Å². The lowest BCUT2D eigenvalue weighted by atomic mass is 9.94. The molecule has 0 fully saturated rings. The summed E-state index contributed by atoms with van der Waals surface area (Å²) in [5, 5.41) is 13.6. The zero-order valence-corrected chi connectivity index (χ0v) is 12.1. The molecule has 0 amide bonds. The summed E-state index contributed by atoms with van der Waals surface area (Å²) in [4.78, 5) is 15.4. The summed E-state index contributed by atoms with van der Waals surface area (Å²) in [5.74, 6) is -1.01. The molecule has 0 unspecified atom stereocenters. The second kappa shape index (κ2) is 5.49. The highest BCUT2D eigenvalue weighted by atomic mass is 16.4. The largest absolute Gasteiger partial charge is 0.477 e. The minimum Gasteiger partial charge on any atom is -0.477 e. The number of carboxylic acids is 1. The zero-order chi connectivity index (χ0) is 14.8. The van der Waals surface area contributed by atoms with Gasteiger partial charge in [-0.05, 0) is 31.9 Å². The van der Waals surface area contributed by atoms with Gasteiger partial charge in [-0.3, -0.25) is 0 Å². The van der Waals surface area contributed by atoms with Crippen molar-refractivity contribution in [2.75, 3.05) is 5.32 Å². The minimum atomic E-state index is -1.01. The van der Waals surface area contributed by atoms with Crippen LogP contribution in [0.4, 0.5) is 5.69 Å². The van der Waals surface area contributed by atoms with Gasteiger partial charge in [-0.25, -0.2) is 9.78 Å². The average Bonchev–Trinajstić information content (AvgIpc) is 2.46. The first kappa shape index (κ1) is 14.3. The number of aromatic nitrogens is 1. The molecule has 2 N–H and O–H groups in total. The topological polar surface area (TPSA) is 62.2 Å². The Kier molecular flexibility index (Phi) is 3.93. The van der Waals surface area contributed by atoms with Gasteiger partial charge in [0.15, 0.2) is 5.69 Å². The van der Waals surface area contributed by atoms with Gasteiger partial charge < -0.3 is 10.4 Å². The van der Waals surface area contributed by atoms with E-state index in [1.165, 1.54) is 0 Å². The van der Waals surface area contributed by atoms with Crippen LogP contribution in [0.3, 0.4) is 0 Å². The Morgan fingerprint density at radius 1 is 1.30 bits per heavy atom. The van der Waals surface area contributed by atoms with E-state index in [4.69, 9.17) is 0 Å². The van der Waals surface area contributed by atoms with Crippen LogP contribution in [0.2, 0.25) is 0 Å². The van der Waals surface area contributed by atoms with Gasteiger partial charge >= 0.3 is 5.97 Å². The molecule has 0 saturated heterocycles. The number of benzene rings is 1. The predicted octanol–water partition coefficient (Wildman–Crippen LogP) is 3.92. The summed E-state index contributed by atoms with van der Waals surface area (Å²) in [5.41, 5.74) is 1.55. The van der Waals surface area contributed by atoms with Gasteiger partial charge in [-0.1, -0.05) is 32.0 Å². The molecule has 2 rings (SSSR count). The fourth-order valence-electron chi connectivity index (χ4n) is 2.14. The van der Waals surface area contributed by atoms with Gasteiger partial charge in [0.1, 0.15) is 0 Å². The molecule has 0 aliphatic heterocycles. The maximum atomic E-state index is 11.2. The first-order valence-corrected chi connectivity index (χ1v) is 6.90. The molecule has 0 bridgehead atoms. The smallest absolute Gasteiger partial charge is 0.354 e. The van der Waals surface area contributed by atoms with Crippen LogP contribution in [0.1, 0.15) is 44.1 Å². The summed E-state index contributed by atoms with van der Waals surface area (Å²) in [7, 11) is 0. The number of aromatic carboxylic acids is 1. The molecule has 0 aliphatic rings. The average molecular weight is 272 g/mol. The third-order valence-electron chi connectivity index (χ3n) is 3.93. The van der Waals surface area contributed by atoms with Crippen LogP contribution < -0.4 is 5.32 Å². The normalized spacial score (nSPS) is 11.6. The van der Waals surface area contributed by atoms with Crippen LogP contribution in [0.25, 0.3) is 10.9 Å². The Morgan fingerprint density at radius 3 is 2.55 bits per heavy atom. The van der Waals surface area contributed by atoms with E-state index in [0.717, 1.165) is 23.9 Å². The number of hydrogen-bond acceptors (Lipinski definition) is 3. The fourth-order valence-corrected chi connectivity index (χ4v) is 2.14. The number of nitrogens with one attached hydrogen (secondary N) is 1. The monoisotopic (exact) mass is 272 g/mol. The standard InChI is InChI=1S/C16H20N2O2/c1-4-16(3,5-2)18-13-10-14(15(19)20)17-12-9-7-6-8-11(12)13/h6-10H,4-5H2,1-3H3,(H,17,18)(H,19,20). The highest BCUT2D eigenvalue weighted by molar-refractivity contribution is 5.97. The highest BCUT2D eigenvalue weighted by Gasteiger charge is 2.21. The molecular weight excluding hydrogens is 252 g/mol. The highest BCUT2D eigenvalue weighted by Crippen LogP contribution is 2.28. The van der Waals surface area contributed by atoms with Crippen molar-refractivity contribution in [1.82, 2.24) is 4.98 Å². The SMILES string of the molecule is CCC(C)(CC)Nc1cc(C(=O)O)nc2ccccc12. The van der Waals surface area contributed by atoms with Gasteiger partial charge in [0.05, 0.1) is 5.52 Å². The summed E-state index contributed by atoms with van der Waals surface area (Å²) >= 11 is 0. The molecule has 106 valence electrons. The van der Waals surface area contributed by atoms with Gasteiger partial charge in [0.25, 0.3) is 0 Å². The molecule has 0 radical (unpaired) electrons. The van der Waals surface area contributed by atoms with Crippen LogP contribution in [0.5, 0.6) is 0 Å². The van der Waals surface area contributed by atoms with Crippen molar-refractivity contribution in [2.45, 2.75) is 39.2 Å². The summed E-state index contributed by atoms with van der Waals surface area (Å²) in [6, 6.07) is 9.22. The summed E-state index contributed by atoms with van der Waals surface area (Å²) < 4.78 is 0. The first-order valence-electron chi connectivity index (χ1n) is 6.90. The second-order valence-electron chi connectivity index (χ2n) is 5.27. The molecule has 0 aliphatic carbocycles. The molecule has 1 aromatic heterocycles. The van der Waals surface area contributed by atoms with Crippen LogP contribution >= 0.6 is 0 Å². The lowest BCUT2D eigenvalue weighted by Crippen LogP contribution is -2.33. The van der Waals surface area contributed by atoms with Gasteiger partial charge in [0, 0.05) is 16.6 Å². The Labute approximate surface area is 118 Å². The molecule has 0 atom stereocenters. The zero-order valence-electron chi connectivity index (χ0n) is 12.1. The van der Waals surface area contributed by atoms with Gasteiger partial charge in [0.2, 0.25) is 0 Å². The van der Waals surface area contributed by atoms with E-state index < -0.39 is 5.97 Å². The van der Waals surface area contributed by atoms with Crippen LogP contribution in [0, 0.1) is 0 Å². The number of anilines is 1. The maximum Gasteiger partial charge on any atom is 0.354 e. The summed E-state index contributed by atoms with van der Waals surface area (Å²) in [6.07, 6.45) is 1.92. The van der Waals surface area contributed by atoms with E-state index >= 15 is 0 Å². The number of rotatable bonds is 5. The van der Waals surface area contributed by atoms with Crippen LogP contribution in [-0.4, -0.2) is 21.6 Å². The number of pyridine rings is 1. The third-order valence-corrected chi connectivity index (χ3v) is 3.93. The van der Waals surface area contributed by atoms with Gasteiger partial charge in [-0.15, -0.1) is 0 Å². The van der Waals surface area contributed by atoms with E-state index in [2.05, 4.69) is 31.1 Å². The quantitative estimate of drug-likeness (QED) is 0.865. The van der Waals surface area contributed by atoms with E-state index in [1.807, 2.05) is 24.3 Å². The maximum absolute atomic E-state index is 11.2. The fraction of sp³-hybridized carbons (Fsp3) is 0.375. The van der Waals surface area contributed by atoms with E-state index in [1.54, 1.807) is 6.07 Å². The second-order valence-corrected chi connectivity index (χ2v) is 5.27. The number of fused-ring (bicyclic) bond motifs is 1. The predicted molar refractivity (Wildman–Crippen MR) is 81.3 cm³/mol. The van der Waals surface area contributed by atoms with E-state index in [9.17, 15) is 9.90 Å². The Morgan fingerprint density at radius 2 is 1.95 bits per heavy atom. The van der Waals surface area contributed by atoms with Crippen molar-refractivity contribution >= 4 is 22.6 Å². The van der Waals surface area contributed by atoms with Crippen LogP contribution in [0.15, 0.2) is 30.3 Å². The molecule has 0 saturated carbocycles. The van der Waals surface area contributed by atoms with Crippen molar-refractivity contribution < 1.29 is 9.90 Å². The van der Waals surface area contributed by atoms with Gasteiger partial charge in [-0.2, -0.15) is 0 Å². The molecule has 20 heavy (non-hydrogen) atoms. The Hall–Kier alpha value is -2.10. The first-order chi connectivity index (χ1) is 9.49. The van der Waals surface area contributed by atoms with Crippen LogP contribution in [-0.2, 0) is 0 Å². The molecule has 4 heteroatoms. The number of hydrogen-bond donors (Lipinski definition) is 2. The third kappa shape index (κ3) is 2.74. The number of carboxylic acid groups (broad SMARTS) is 1. The molecular formula is C16H20N2O2. The number of para-hydroxylation sites is 1. The lowest BCUT2D eigenvalue weighted by molar-refractivity contribution is 0.0691. The van der Waals surface area contributed by atoms with E-state index in [-0.39, 0.29) is 11.2 Å². The number of carbonyl (C=O) groups is 1. The molecule has 1 aromatic carbocycles. The van der Waals surface area contributed by atoms with Crippen molar-refractivity contribution in [3.8, 4) is 0 Å². The summed E-state index contributed by atoms with van der Waals surface area (Å²) in [6.45, 7) is 6.39. The lowest BCUT2D eigenvalue weighted by Gasteiger charge is -2.30. The molecule has 0 spiro atoms. The molecule has 2 aromatic rings. The van der Waals surface area contributed by atoms with Crippen molar-refractivity contribution in [1.29, 1.82) is 0 Å². The van der Waals surface area contributed by atoms with Crippen molar-refractivity contribution in [2.24, 2.45) is 0 Å². The van der Waals surface area contributed by atoms with Crippen molar-refractivity contribution in [3.05, 3.63) is 36.0 Å².